The van der Waals surface area contributed by atoms with Gasteiger partial charge in [-0.05, 0) is 42.2 Å². The minimum absolute atomic E-state index is 0.0723. The van der Waals surface area contributed by atoms with E-state index in [1.165, 1.54) is 17.0 Å². The molecule has 2 unspecified atom stereocenters. The van der Waals surface area contributed by atoms with E-state index < -0.39 is 68.6 Å². The topological polar surface area (TPSA) is 186 Å². The van der Waals surface area contributed by atoms with Gasteiger partial charge in [0, 0.05) is 19.8 Å². The Balaban J connectivity index is 1.22. The van der Waals surface area contributed by atoms with E-state index in [2.05, 4.69) is 15.4 Å². The first-order valence-corrected chi connectivity index (χ1v) is 18.9. The molecule has 0 bridgehead atoms. The van der Waals surface area contributed by atoms with E-state index in [0.29, 0.717) is 28.7 Å². The minimum Gasteiger partial charge on any atom is -0.444 e. The summed E-state index contributed by atoms with van der Waals surface area (Å²) >= 11 is 0. The van der Waals surface area contributed by atoms with Crippen LogP contribution in [0.2, 0.25) is 0 Å². The number of halogens is 2. The molecule has 3 heterocycles. The van der Waals surface area contributed by atoms with Crippen LogP contribution < -0.4 is 20.6 Å². The Labute approximate surface area is 319 Å². The number of benzene rings is 3. The standard InChI is InChI=1S/C37H38F2N5O11P/c1-43-20-11-18-28(32(43)45)42-56(49,55-27-16-9-4-10-17-27)52-24-29-31(54-36(48)51-23-26-14-7-3-8-15-26)37(38,39)33(53-29)44-21-19-30(40-34(44)46)41-35(47)50-22-25-12-5-2-6-13-25/h2-10,12-17,19,21,28-29,31,33H,11,18,20,22-24H2,1H3,(H,42,49)(H,40,41,46,47)/t28-,29-,31?,33-,56?/m1/s1. The van der Waals surface area contributed by atoms with Gasteiger partial charge < -0.3 is 28.4 Å². The SMILES string of the molecule is CN1CCC[C@@H](NP(=O)(OC[C@H]2O[C@@H](n3ccc(NC(=O)OCc4ccccc4)nc3=O)C(F)(F)C2OC(=O)OCc2ccccc2)Oc2ccccc2)C1=O. The molecular formula is C37H38F2N5O11P. The zero-order valence-electron chi connectivity index (χ0n) is 29.9. The van der Waals surface area contributed by atoms with Crippen LogP contribution >= 0.6 is 7.75 Å². The number of amides is 2. The first-order chi connectivity index (χ1) is 26.9. The van der Waals surface area contributed by atoms with Gasteiger partial charge in [-0.25, -0.2) is 18.9 Å². The van der Waals surface area contributed by atoms with Gasteiger partial charge in [-0.1, -0.05) is 78.9 Å². The number of piperidine rings is 1. The third kappa shape index (κ3) is 10.1. The van der Waals surface area contributed by atoms with Crippen LogP contribution in [0.4, 0.5) is 24.2 Å². The number of nitrogens with zero attached hydrogens (tertiary/aromatic N) is 3. The molecule has 2 saturated heterocycles. The van der Waals surface area contributed by atoms with E-state index >= 15 is 8.78 Å². The van der Waals surface area contributed by atoms with Crippen molar-refractivity contribution in [1.82, 2.24) is 19.5 Å². The second-order valence-electron chi connectivity index (χ2n) is 12.7. The highest BCUT2D eigenvalue weighted by atomic mass is 31.2. The third-order valence-electron chi connectivity index (χ3n) is 8.65. The van der Waals surface area contributed by atoms with Crippen molar-refractivity contribution in [2.75, 3.05) is 25.5 Å². The molecule has 16 nitrogen and oxygen atoms in total. The lowest BCUT2D eigenvalue weighted by Gasteiger charge is -2.32. The lowest BCUT2D eigenvalue weighted by molar-refractivity contribution is -0.146. The number of carbonyl (C=O) groups excluding carboxylic acids is 3. The summed E-state index contributed by atoms with van der Waals surface area (Å²) in [5, 5.41) is 4.89. The highest BCUT2D eigenvalue weighted by Gasteiger charge is 2.63. The summed E-state index contributed by atoms with van der Waals surface area (Å²) in [6.07, 6.45) is -7.53. The van der Waals surface area contributed by atoms with Crippen molar-refractivity contribution < 1.29 is 55.7 Å². The summed E-state index contributed by atoms with van der Waals surface area (Å²) in [6, 6.07) is 25.0. The van der Waals surface area contributed by atoms with Gasteiger partial charge in [0.15, 0.2) is 0 Å². The number of aromatic nitrogens is 2. The molecule has 0 radical (unpaired) electrons. The summed E-state index contributed by atoms with van der Waals surface area (Å²) in [5.41, 5.74) is -0.0400. The summed E-state index contributed by atoms with van der Waals surface area (Å²) in [7, 11) is -2.98. The Morgan fingerprint density at radius 2 is 1.55 bits per heavy atom. The normalized spacial score (nSPS) is 21.4. The van der Waals surface area contributed by atoms with Gasteiger partial charge in [0.1, 0.15) is 30.9 Å². The fraction of sp³-hybridized carbons (Fsp3) is 0.324. The number of rotatable bonds is 14. The number of alkyl halides is 2. The van der Waals surface area contributed by atoms with Crippen LogP contribution in [0.3, 0.4) is 0 Å². The summed E-state index contributed by atoms with van der Waals surface area (Å²) in [6.45, 7) is -0.886. The molecule has 2 amide bonds. The minimum atomic E-state index is -4.56. The molecule has 0 saturated carbocycles. The summed E-state index contributed by atoms with van der Waals surface area (Å²) < 4.78 is 79.7. The van der Waals surface area contributed by atoms with E-state index in [9.17, 15) is 23.7 Å². The van der Waals surface area contributed by atoms with Crippen LogP contribution in [-0.2, 0) is 46.0 Å². The number of nitrogens with one attached hydrogen (secondary N) is 2. The molecule has 5 atom stereocenters. The van der Waals surface area contributed by atoms with Gasteiger partial charge in [-0.15, -0.1) is 0 Å². The predicted molar refractivity (Wildman–Crippen MR) is 194 cm³/mol. The van der Waals surface area contributed by atoms with Gasteiger partial charge >= 0.3 is 31.6 Å². The number of hydrogen-bond donors (Lipinski definition) is 2. The van der Waals surface area contributed by atoms with E-state index in [4.69, 9.17) is 28.0 Å². The molecule has 2 aliphatic rings. The van der Waals surface area contributed by atoms with Crippen molar-refractivity contribution in [1.29, 1.82) is 0 Å². The highest BCUT2D eigenvalue weighted by molar-refractivity contribution is 7.52. The number of carbonyl (C=O) groups is 3. The molecule has 2 fully saturated rings. The van der Waals surface area contributed by atoms with E-state index in [1.807, 2.05) is 0 Å². The Morgan fingerprint density at radius 3 is 2.20 bits per heavy atom. The highest BCUT2D eigenvalue weighted by Crippen LogP contribution is 2.49. The van der Waals surface area contributed by atoms with Crippen LogP contribution in [0.1, 0.15) is 30.2 Å². The number of ether oxygens (including phenoxy) is 4. The Hall–Kier alpha value is -5.68. The first-order valence-electron chi connectivity index (χ1n) is 17.4. The fourth-order valence-corrected chi connectivity index (χ4v) is 7.40. The zero-order valence-corrected chi connectivity index (χ0v) is 30.8. The molecule has 0 spiro atoms. The van der Waals surface area contributed by atoms with Gasteiger partial charge in [0.2, 0.25) is 18.2 Å². The molecule has 2 N–H and O–H groups in total. The number of anilines is 1. The van der Waals surface area contributed by atoms with Gasteiger partial charge in [-0.2, -0.15) is 18.9 Å². The van der Waals surface area contributed by atoms with Gasteiger partial charge in [-0.3, -0.25) is 19.2 Å². The molecule has 2 aliphatic heterocycles. The first kappa shape index (κ1) is 40.0. The van der Waals surface area contributed by atoms with E-state index in [0.717, 1.165) is 12.3 Å². The van der Waals surface area contributed by atoms with Gasteiger partial charge in [0.05, 0.1) is 12.6 Å². The predicted octanol–water partition coefficient (Wildman–Crippen LogP) is 5.66. The Bertz CT molecular complexity index is 2080. The molecule has 6 rings (SSSR count). The maximum Gasteiger partial charge on any atom is 0.509 e. The summed E-state index contributed by atoms with van der Waals surface area (Å²) in [5.74, 6) is -4.79. The summed E-state index contributed by atoms with van der Waals surface area (Å²) in [4.78, 5) is 56.3. The third-order valence-corrected chi connectivity index (χ3v) is 10.2. The molecule has 56 heavy (non-hydrogen) atoms. The van der Waals surface area contributed by atoms with Crippen molar-refractivity contribution in [3.05, 3.63) is 125 Å². The molecule has 1 aromatic heterocycles. The number of likely N-dealkylation sites (tertiary alicyclic amines) is 1. The van der Waals surface area contributed by atoms with Crippen molar-refractivity contribution in [2.24, 2.45) is 0 Å². The quantitative estimate of drug-likeness (QED) is 0.118. The fourth-order valence-electron chi connectivity index (χ4n) is 5.85. The molecule has 19 heteroatoms. The lowest BCUT2D eigenvalue weighted by atomic mass is 10.1. The second-order valence-corrected chi connectivity index (χ2v) is 14.4. The zero-order chi connectivity index (χ0) is 39.7. The molecule has 296 valence electrons. The average Bonchev–Trinajstić information content (AvgIpc) is 3.43. The maximum atomic E-state index is 16.4. The van der Waals surface area contributed by atoms with Crippen LogP contribution in [0.5, 0.6) is 5.75 Å². The molecule has 4 aromatic rings. The van der Waals surface area contributed by atoms with Crippen molar-refractivity contribution in [3.63, 3.8) is 0 Å². The number of para-hydroxylation sites is 1. The van der Waals surface area contributed by atoms with Crippen LogP contribution in [-0.4, -0.2) is 77.0 Å². The number of hydrogen-bond acceptors (Lipinski definition) is 12. The van der Waals surface area contributed by atoms with Crippen LogP contribution in [0.25, 0.3) is 0 Å². The lowest BCUT2D eigenvalue weighted by Crippen LogP contribution is -2.48. The smallest absolute Gasteiger partial charge is 0.444 e. The van der Waals surface area contributed by atoms with Crippen LogP contribution in [0.15, 0.2) is 108 Å². The van der Waals surface area contributed by atoms with E-state index in [1.54, 1.807) is 85.9 Å². The van der Waals surface area contributed by atoms with Gasteiger partial charge in [0.25, 0.3) is 0 Å². The molecular weight excluding hydrogens is 759 g/mol. The maximum absolute atomic E-state index is 16.4. The monoisotopic (exact) mass is 797 g/mol. The Kier molecular flexibility index (Phi) is 12.7. The van der Waals surface area contributed by atoms with Crippen molar-refractivity contribution in [3.8, 4) is 5.75 Å². The Morgan fingerprint density at radius 1 is 0.929 bits per heavy atom. The second kappa shape index (κ2) is 17.8. The molecule has 0 aliphatic carbocycles. The number of likely N-dealkylation sites (N-methyl/N-ethyl adjacent to an activating group) is 1. The largest absolute Gasteiger partial charge is 0.509 e. The van der Waals surface area contributed by atoms with E-state index in [-0.39, 0.29) is 31.2 Å². The van der Waals surface area contributed by atoms with Crippen molar-refractivity contribution in [2.45, 2.75) is 56.5 Å². The van der Waals surface area contributed by atoms with Crippen LogP contribution in [0, 0.1) is 0 Å². The van der Waals surface area contributed by atoms with Crippen molar-refractivity contribution >= 4 is 31.7 Å². The molecule has 3 aromatic carbocycles. The average molecular weight is 798 g/mol.